The molecule has 0 atom stereocenters. The molecule has 4 nitrogen and oxygen atoms in total. The third-order valence-electron chi connectivity index (χ3n) is 4.07. The number of rotatable bonds is 4. The topological polar surface area (TPSA) is 43.4 Å². The molecular formula is C15H22BClN2O2. The Bertz CT molecular complexity index is 530. The predicted molar refractivity (Wildman–Crippen MR) is 87.2 cm³/mol. The lowest BCUT2D eigenvalue weighted by Gasteiger charge is -2.32. The number of nitrogens with zero attached hydrogens (tertiary/aromatic N) is 1. The van der Waals surface area contributed by atoms with E-state index in [-0.39, 0.29) is 11.2 Å². The van der Waals surface area contributed by atoms with Crippen molar-refractivity contribution in [2.75, 3.05) is 13.6 Å². The largest absolute Gasteiger partial charge is 0.491 e. The predicted octanol–water partition coefficient (Wildman–Crippen LogP) is 2.97. The number of nitrogens with one attached hydrogen (secondary N) is 1. The van der Waals surface area contributed by atoms with Crippen molar-refractivity contribution >= 4 is 24.8 Å². The van der Waals surface area contributed by atoms with Gasteiger partial charge < -0.3 is 14.6 Å². The highest BCUT2D eigenvalue weighted by molar-refractivity contribution is 6.56. The number of likely N-dealkylation sites (N-methyl/N-ethyl adjacent to an activating group) is 1. The summed E-state index contributed by atoms with van der Waals surface area (Å²) in [5.41, 5.74) is 1.14. The average molecular weight is 309 g/mol. The molecule has 1 N–H and O–H groups in total. The minimum absolute atomic E-state index is 0.358. The molecule has 0 spiro atoms. The zero-order chi connectivity index (χ0) is 15.7. The molecule has 114 valence electrons. The normalized spacial score (nSPS) is 20.9. The van der Waals surface area contributed by atoms with Gasteiger partial charge in [0.05, 0.1) is 11.2 Å². The van der Waals surface area contributed by atoms with E-state index in [1.165, 1.54) is 0 Å². The van der Waals surface area contributed by atoms with Gasteiger partial charge in [0, 0.05) is 18.3 Å². The number of pyridine rings is 1. The van der Waals surface area contributed by atoms with Crippen molar-refractivity contribution < 1.29 is 9.31 Å². The molecule has 0 radical (unpaired) electrons. The van der Waals surface area contributed by atoms with Crippen LogP contribution in [0, 0.1) is 0 Å². The molecule has 6 heteroatoms. The molecule has 21 heavy (non-hydrogen) atoms. The molecule has 1 fully saturated rings. The van der Waals surface area contributed by atoms with Gasteiger partial charge in [0.15, 0.2) is 0 Å². The summed E-state index contributed by atoms with van der Waals surface area (Å²) >= 11 is 6.13. The fourth-order valence-electron chi connectivity index (χ4n) is 2.11. The Hall–Kier alpha value is -0.875. The summed E-state index contributed by atoms with van der Waals surface area (Å²) in [6.45, 7) is 8.83. The standard InChI is InChI=1S/C15H22BClN2O2/c1-14(2)15(3,4)21-16(20-14)12(10-18-5)9-11-7-6-8-19-13(11)17/h6-9,18H,10H2,1-5H3. The maximum absolute atomic E-state index is 6.13. The van der Waals surface area contributed by atoms with Gasteiger partial charge in [-0.25, -0.2) is 4.98 Å². The molecule has 1 aliphatic rings. The van der Waals surface area contributed by atoms with Gasteiger partial charge in [-0.1, -0.05) is 23.7 Å². The van der Waals surface area contributed by atoms with E-state index in [1.807, 2.05) is 53.0 Å². The lowest BCUT2D eigenvalue weighted by Crippen LogP contribution is -2.41. The number of hydrogen-bond acceptors (Lipinski definition) is 4. The van der Waals surface area contributed by atoms with Crippen molar-refractivity contribution in [3.8, 4) is 0 Å². The van der Waals surface area contributed by atoms with Gasteiger partial charge >= 0.3 is 7.12 Å². The Morgan fingerprint density at radius 3 is 2.48 bits per heavy atom. The second-order valence-electron chi connectivity index (χ2n) is 6.22. The lowest BCUT2D eigenvalue weighted by atomic mass is 9.77. The highest BCUT2D eigenvalue weighted by Gasteiger charge is 2.52. The number of aromatic nitrogens is 1. The van der Waals surface area contributed by atoms with E-state index in [0.717, 1.165) is 11.0 Å². The molecule has 0 aliphatic carbocycles. The van der Waals surface area contributed by atoms with Gasteiger partial charge in [0.1, 0.15) is 5.15 Å². The summed E-state index contributed by atoms with van der Waals surface area (Å²) in [4.78, 5) is 4.09. The minimum atomic E-state index is -0.390. The van der Waals surface area contributed by atoms with E-state index < -0.39 is 7.12 Å². The van der Waals surface area contributed by atoms with E-state index >= 15 is 0 Å². The molecule has 0 unspecified atom stereocenters. The molecule has 0 saturated carbocycles. The van der Waals surface area contributed by atoms with Crippen molar-refractivity contribution in [3.05, 3.63) is 34.5 Å². The maximum atomic E-state index is 6.13. The number of hydrogen-bond donors (Lipinski definition) is 1. The maximum Gasteiger partial charge on any atom is 0.491 e. The minimum Gasteiger partial charge on any atom is -0.400 e. The van der Waals surface area contributed by atoms with Crippen LogP contribution >= 0.6 is 11.6 Å². The zero-order valence-corrected chi connectivity index (χ0v) is 14.0. The van der Waals surface area contributed by atoms with Crippen LogP contribution in [0.15, 0.2) is 23.8 Å². The van der Waals surface area contributed by atoms with Crippen LogP contribution in [-0.2, 0) is 9.31 Å². The molecule has 1 aromatic rings. The molecule has 1 aromatic heterocycles. The van der Waals surface area contributed by atoms with Crippen LogP contribution in [0.3, 0.4) is 0 Å². The quantitative estimate of drug-likeness (QED) is 0.686. The van der Waals surface area contributed by atoms with E-state index in [9.17, 15) is 0 Å². The van der Waals surface area contributed by atoms with Gasteiger partial charge in [-0.2, -0.15) is 0 Å². The molecule has 0 bridgehead atoms. The highest BCUT2D eigenvalue weighted by atomic mass is 35.5. The first-order valence-corrected chi connectivity index (χ1v) is 7.46. The molecule has 0 aromatic carbocycles. The van der Waals surface area contributed by atoms with Crippen molar-refractivity contribution in [2.24, 2.45) is 0 Å². The summed E-state index contributed by atoms with van der Waals surface area (Å²) in [5.74, 6) is 0. The summed E-state index contributed by atoms with van der Waals surface area (Å²) in [7, 11) is 1.50. The molecule has 0 amide bonds. The molecule has 2 heterocycles. The van der Waals surface area contributed by atoms with Crippen LogP contribution in [0.25, 0.3) is 6.08 Å². The first-order chi connectivity index (χ1) is 9.77. The first kappa shape index (κ1) is 16.5. The summed E-state index contributed by atoms with van der Waals surface area (Å²) < 4.78 is 12.2. The SMILES string of the molecule is CNCC(=Cc1cccnc1Cl)B1OC(C)(C)C(C)(C)O1. The monoisotopic (exact) mass is 308 g/mol. The van der Waals surface area contributed by atoms with Crippen LogP contribution < -0.4 is 5.32 Å². The number of halogens is 1. The average Bonchev–Trinajstić information content (AvgIpc) is 2.60. The van der Waals surface area contributed by atoms with Crippen molar-refractivity contribution in [1.29, 1.82) is 0 Å². The summed E-state index contributed by atoms with van der Waals surface area (Å²) in [6.07, 6.45) is 3.65. The molecular weight excluding hydrogens is 286 g/mol. The molecule has 1 saturated heterocycles. The first-order valence-electron chi connectivity index (χ1n) is 7.08. The summed E-state index contributed by atoms with van der Waals surface area (Å²) in [5, 5.41) is 3.62. The third kappa shape index (κ3) is 3.48. The van der Waals surface area contributed by atoms with E-state index in [2.05, 4.69) is 10.3 Å². The van der Waals surface area contributed by atoms with Crippen molar-refractivity contribution in [1.82, 2.24) is 10.3 Å². The molecule has 1 aliphatic heterocycles. The Morgan fingerprint density at radius 2 is 1.95 bits per heavy atom. The Labute approximate surface area is 132 Å². The second kappa shape index (κ2) is 6.09. The lowest BCUT2D eigenvalue weighted by molar-refractivity contribution is 0.00578. The van der Waals surface area contributed by atoms with Crippen LogP contribution in [-0.4, -0.2) is 36.9 Å². The van der Waals surface area contributed by atoms with Gasteiger partial charge in [0.25, 0.3) is 0 Å². The summed E-state index contributed by atoms with van der Waals surface area (Å²) in [6, 6.07) is 3.79. The van der Waals surface area contributed by atoms with E-state index in [1.54, 1.807) is 6.20 Å². The Balaban J connectivity index is 2.31. The van der Waals surface area contributed by atoms with Gasteiger partial charge in [0.2, 0.25) is 0 Å². The zero-order valence-electron chi connectivity index (χ0n) is 13.2. The third-order valence-corrected chi connectivity index (χ3v) is 4.38. The van der Waals surface area contributed by atoms with Crippen LogP contribution in [0.5, 0.6) is 0 Å². The van der Waals surface area contributed by atoms with E-state index in [4.69, 9.17) is 20.9 Å². The second-order valence-corrected chi connectivity index (χ2v) is 6.58. The van der Waals surface area contributed by atoms with Crippen LogP contribution in [0.4, 0.5) is 0 Å². The van der Waals surface area contributed by atoms with E-state index in [0.29, 0.717) is 11.7 Å². The highest BCUT2D eigenvalue weighted by Crippen LogP contribution is 2.38. The molecule has 2 rings (SSSR count). The van der Waals surface area contributed by atoms with Gasteiger partial charge in [-0.05, 0) is 46.3 Å². The smallest absolute Gasteiger partial charge is 0.400 e. The van der Waals surface area contributed by atoms with Crippen molar-refractivity contribution in [3.63, 3.8) is 0 Å². The van der Waals surface area contributed by atoms with Gasteiger partial charge in [-0.15, -0.1) is 0 Å². The Morgan fingerprint density at radius 1 is 1.33 bits per heavy atom. The van der Waals surface area contributed by atoms with Gasteiger partial charge in [-0.3, -0.25) is 0 Å². The van der Waals surface area contributed by atoms with Crippen molar-refractivity contribution in [2.45, 2.75) is 38.9 Å². The fourth-order valence-corrected chi connectivity index (χ4v) is 2.28. The van der Waals surface area contributed by atoms with Crippen LogP contribution in [0.2, 0.25) is 5.15 Å². The Kier molecular flexibility index (Phi) is 4.78. The fraction of sp³-hybridized carbons (Fsp3) is 0.533. The van der Waals surface area contributed by atoms with Crippen LogP contribution in [0.1, 0.15) is 33.3 Å².